The molecule has 0 aromatic carbocycles. The Kier molecular flexibility index (Phi) is 8.26. The maximum absolute atomic E-state index is 6.82. The summed E-state index contributed by atoms with van der Waals surface area (Å²) >= 11 is 0. The second-order valence-electron chi connectivity index (χ2n) is 17.0. The van der Waals surface area contributed by atoms with Crippen molar-refractivity contribution in [2.24, 2.45) is 47.3 Å². The minimum absolute atomic E-state index is 0.172. The van der Waals surface area contributed by atoms with Gasteiger partial charge in [-0.25, -0.2) is 0 Å². The van der Waals surface area contributed by atoms with Crippen molar-refractivity contribution in [3.8, 4) is 5.75 Å². The van der Waals surface area contributed by atoms with Crippen LogP contribution in [0.15, 0.2) is 24.5 Å². The largest absolute Gasteiger partial charge is 0.488 e. The van der Waals surface area contributed by atoms with Crippen molar-refractivity contribution in [2.75, 3.05) is 0 Å². The molecule has 0 radical (unpaired) electrons. The number of pyridine rings is 1. The van der Waals surface area contributed by atoms with Crippen LogP contribution in [0.25, 0.3) is 0 Å². The topological polar surface area (TPSA) is 118 Å². The van der Waals surface area contributed by atoms with Crippen LogP contribution in [0.3, 0.4) is 0 Å². The van der Waals surface area contributed by atoms with E-state index in [0.717, 1.165) is 12.2 Å². The molecule has 8 bridgehead atoms. The molecule has 5 aliphatic heterocycles. The Hall–Kier alpha value is -1.37. The monoisotopic (exact) mass is 645 g/mol. The van der Waals surface area contributed by atoms with E-state index < -0.39 is 0 Å². The third-order valence-electron chi connectivity index (χ3n) is 14.8. The van der Waals surface area contributed by atoms with Gasteiger partial charge in [0.15, 0.2) is 0 Å². The number of nitrogens with one attached hydrogen (secondary N) is 8. The van der Waals surface area contributed by atoms with E-state index in [-0.39, 0.29) is 18.4 Å². The maximum Gasteiger partial charge on any atom is 0.138 e. The van der Waals surface area contributed by atoms with E-state index in [1.165, 1.54) is 89.9 Å². The van der Waals surface area contributed by atoms with Crippen LogP contribution in [0, 0.1) is 47.3 Å². The minimum Gasteiger partial charge on any atom is -0.488 e. The Morgan fingerprint density at radius 1 is 0.447 bits per heavy atom. The normalized spacial score (nSPS) is 52.2. The van der Waals surface area contributed by atoms with Gasteiger partial charge in [0.25, 0.3) is 0 Å². The lowest BCUT2D eigenvalue weighted by molar-refractivity contribution is 0.0422. The van der Waals surface area contributed by atoms with Crippen molar-refractivity contribution in [2.45, 2.75) is 152 Å². The molecular weight excluding hydrogens is 586 g/mol. The van der Waals surface area contributed by atoms with Crippen LogP contribution in [0.1, 0.15) is 96.3 Å². The molecular formula is C37H59N9O. The van der Waals surface area contributed by atoms with Crippen LogP contribution >= 0.6 is 0 Å². The molecule has 17 atom stereocenters. The third kappa shape index (κ3) is 5.48. The first kappa shape index (κ1) is 30.5. The first-order valence-corrected chi connectivity index (χ1v) is 19.9. The molecule has 0 spiro atoms. The fourth-order valence-electron chi connectivity index (χ4n) is 12.7. The molecule has 4 saturated carbocycles. The highest BCUT2D eigenvalue weighted by molar-refractivity contribution is 5.17. The Balaban J connectivity index is 0.994. The van der Waals surface area contributed by atoms with Gasteiger partial charge in [0, 0.05) is 12.1 Å². The molecule has 258 valence electrons. The van der Waals surface area contributed by atoms with Crippen molar-refractivity contribution in [1.82, 2.24) is 47.5 Å². The van der Waals surface area contributed by atoms with Crippen LogP contribution < -0.4 is 47.3 Å². The van der Waals surface area contributed by atoms with Gasteiger partial charge in [-0.1, -0.05) is 38.5 Å². The van der Waals surface area contributed by atoms with Gasteiger partial charge in [0.2, 0.25) is 0 Å². The summed E-state index contributed by atoms with van der Waals surface area (Å²) in [6, 6.07) is 4.08. The van der Waals surface area contributed by atoms with Gasteiger partial charge in [-0.15, -0.1) is 0 Å². The average molecular weight is 646 g/mol. The molecule has 6 heterocycles. The van der Waals surface area contributed by atoms with Gasteiger partial charge < -0.3 is 4.74 Å². The quantitative estimate of drug-likeness (QED) is 0.244. The third-order valence-corrected chi connectivity index (χ3v) is 14.8. The lowest BCUT2D eigenvalue weighted by Gasteiger charge is -2.39. The summed E-state index contributed by atoms with van der Waals surface area (Å²) in [4.78, 5) is 4.39. The summed E-state index contributed by atoms with van der Waals surface area (Å²) in [5.41, 5.74) is 0. The summed E-state index contributed by atoms with van der Waals surface area (Å²) < 4.78 is 6.82. The number of nitrogens with zero attached hydrogens (tertiary/aromatic N) is 1. The second-order valence-corrected chi connectivity index (χ2v) is 17.0. The second kappa shape index (κ2) is 12.7. The standard InChI is InChI=1S/C37H59N9O/c1-2-11-22-21(10-1)30-39-31(22)41-33-25-14-5-6-15-26(25)35(43-33)45-37-29-27(16-7-17-28(29)47-20-9-8-18-38-19-20)36(46-37)44-34-24-13-4-3-12-23(24)32(40-30)42-34/h8-9,18-19,21-37,39-46H,1-7,10-17H2. The predicted octanol–water partition coefficient (Wildman–Crippen LogP) is 3.06. The highest BCUT2D eigenvalue weighted by Crippen LogP contribution is 2.46. The molecule has 17 unspecified atom stereocenters. The molecule has 10 heteroatoms. The first-order chi connectivity index (χ1) is 23.3. The molecule has 1 aromatic heterocycles. The SMILES string of the molecule is c1cncc(OC2CCCC3C4NC5NC(NC6NC(NC7NC(NC(N4)C23)C2CCCCC72)C2CCCCC62)C2CCCCC52)c1. The van der Waals surface area contributed by atoms with Crippen molar-refractivity contribution in [1.29, 1.82) is 0 Å². The number of rotatable bonds is 2. The molecule has 10 nitrogen and oxygen atoms in total. The van der Waals surface area contributed by atoms with E-state index in [1.807, 2.05) is 18.5 Å². The molecule has 10 rings (SSSR count). The van der Waals surface area contributed by atoms with E-state index in [9.17, 15) is 0 Å². The van der Waals surface area contributed by atoms with E-state index >= 15 is 0 Å². The first-order valence-electron chi connectivity index (χ1n) is 19.9. The Bertz CT molecular complexity index is 1240. The van der Waals surface area contributed by atoms with E-state index in [4.69, 9.17) is 4.74 Å². The summed E-state index contributed by atoms with van der Waals surface area (Å²) in [5.74, 6) is 5.93. The molecule has 4 aliphatic carbocycles. The summed E-state index contributed by atoms with van der Waals surface area (Å²) in [6.45, 7) is 0. The van der Waals surface area contributed by atoms with Crippen LogP contribution in [-0.4, -0.2) is 60.4 Å². The Labute approximate surface area is 281 Å². The lowest BCUT2D eigenvalue weighted by atomic mass is 9.75. The molecule has 1 aromatic rings. The summed E-state index contributed by atoms with van der Waals surface area (Å²) in [5, 5.41) is 33.9. The Morgan fingerprint density at radius 2 is 0.830 bits per heavy atom. The van der Waals surface area contributed by atoms with Gasteiger partial charge in [-0.05, 0) is 111 Å². The number of hydrogen-bond donors (Lipinski definition) is 8. The summed E-state index contributed by atoms with van der Waals surface area (Å²) in [6.07, 6.45) is 26.2. The van der Waals surface area contributed by atoms with Crippen molar-refractivity contribution in [3.05, 3.63) is 24.5 Å². The molecule has 0 amide bonds. The number of ether oxygens (including phenoxy) is 1. The molecule has 5 saturated heterocycles. The zero-order valence-electron chi connectivity index (χ0n) is 28.1. The molecule has 8 N–H and O–H groups in total. The minimum atomic E-state index is 0.172. The molecule has 9 fully saturated rings. The van der Waals surface area contributed by atoms with Crippen LogP contribution in [0.4, 0.5) is 0 Å². The van der Waals surface area contributed by atoms with E-state index in [2.05, 4.69) is 53.6 Å². The zero-order chi connectivity index (χ0) is 30.9. The number of aromatic nitrogens is 1. The predicted molar refractivity (Wildman–Crippen MR) is 181 cm³/mol. The van der Waals surface area contributed by atoms with Crippen molar-refractivity contribution in [3.63, 3.8) is 0 Å². The van der Waals surface area contributed by atoms with Crippen LogP contribution in [0.5, 0.6) is 5.75 Å². The summed E-state index contributed by atoms with van der Waals surface area (Å²) in [7, 11) is 0. The molecule has 9 aliphatic rings. The van der Waals surface area contributed by atoms with Crippen LogP contribution in [0.2, 0.25) is 0 Å². The van der Waals surface area contributed by atoms with Gasteiger partial charge in [0.05, 0.1) is 55.5 Å². The van der Waals surface area contributed by atoms with Gasteiger partial charge >= 0.3 is 0 Å². The van der Waals surface area contributed by atoms with Crippen molar-refractivity contribution < 1.29 is 4.74 Å². The molecule has 47 heavy (non-hydrogen) atoms. The van der Waals surface area contributed by atoms with Crippen molar-refractivity contribution >= 4 is 0 Å². The van der Waals surface area contributed by atoms with Gasteiger partial charge in [-0.2, -0.15) is 0 Å². The van der Waals surface area contributed by atoms with Gasteiger partial charge in [-0.3, -0.25) is 47.5 Å². The fraction of sp³-hybridized carbons (Fsp3) is 0.865. The smallest absolute Gasteiger partial charge is 0.138 e. The lowest BCUT2D eigenvalue weighted by Crippen LogP contribution is -2.62. The van der Waals surface area contributed by atoms with E-state index in [1.54, 1.807) is 0 Å². The number of fused-ring (bicyclic) bond motifs is 20. The van der Waals surface area contributed by atoms with Crippen LogP contribution in [-0.2, 0) is 0 Å². The zero-order valence-corrected chi connectivity index (χ0v) is 28.1. The van der Waals surface area contributed by atoms with Gasteiger partial charge in [0.1, 0.15) is 11.9 Å². The average Bonchev–Trinajstić information content (AvgIpc) is 3.85. The fourth-order valence-corrected chi connectivity index (χ4v) is 12.7. The maximum atomic E-state index is 6.82. The highest BCUT2D eigenvalue weighted by Gasteiger charge is 2.56. The Morgan fingerprint density at radius 3 is 1.23 bits per heavy atom. The highest BCUT2D eigenvalue weighted by atomic mass is 16.5. The number of hydrogen-bond acceptors (Lipinski definition) is 10. The van der Waals surface area contributed by atoms with E-state index in [0.29, 0.717) is 84.3 Å².